The summed E-state index contributed by atoms with van der Waals surface area (Å²) in [5.74, 6) is 0. The molecule has 0 aliphatic carbocycles. The summed E-state index contributed by atoms with van der Waals surface area (Å²) in [6.45, 7) is 0. The Morgan fingerprint density at radius 3 is 2.00 bits per heavy atom. The van der Waals surface area contributed by atoms with Gasteiger partial charge in [-0.25, -0.2) is 0 Å². The first-order valence-electron chi connectivity index (χ1n) is 1.92. The van der Waals surface area contributed by atoms with Crippen molar-refractivity contribution in [3.05, 3.63) is 0 Å². The fourth-order valence-electron chi connectivity index (χ4n) is 0.329. The molecule has 0 amide bonds. The summed E-state index contributed by atoms with van der Waals surface area (Å²) in [6.07, 6.45) is 0. The van der Waals surface area contributed by atoms with Crippen molar-refractivity contribution < 1.29 is 14.4 Å². The van der Waals surface area contributed by atoms with Crippen LogP contribution < -0.4 is 0 Å². The first-order valence-corrected chi connectivity index (χ1v) is 5.77. The van der Waals surface area contributed by atoms with E-state index in [0.29, 0.717) is 0 Å². The maximum atomic E-state index is 10.5. The Morgan fingerprint density at radius 2 is 1.67 bits per heavy atom. The van der Waals surface area contributed by atoms with Gasteiger partial charge in [-0.1, -0.05) is 0 Å². The molecule has 1 aromatic heterocycles. The lowest BCUT2D eigenvalue weighted by Crippen LogP contribution is -1.69. The normalized spacial score (nSPS) is 15.6. The van der Waals surface area contributed by atoms with Gasteiger partial charge in [-0.2, -0.15) is 18.1 Å². The van der Waals surface area contributed by atoms with Crippen LogP contribution in [0, 0.1) is 0 Å². The Kier molecular flexibility index (Phi) is 2.17. The fraction of sp³-hybridized carbons (Fsp3) is 0. The number of aromatic amines is 3. The zero-order chi connectivity index (χ0) is 6.85. The topological polar surface area (TPSA) is 105 Å². The SMILES string of the molecule is O=[p+]1[nH]p(O)[nH]p(O)[nH]1. The molecule has 1 heterocycles. The zero-order valence-electron chi connectivity index (χ0n) is 4.14. The Balaban J connectivity index is 3.33. The summed E-state index contributed by atoms with van der Waals surface area (Å²) in [4.78, 5) is 17.4. The molecule has 0 bridgehead atoms. The third kappa shape index (κ3) is 2.01. The molecule has 2 atom stereocenters. The lowest BCUT2D eigenvalue weighted by Gasteiger charge is -1.82. The van der Waals surface area contributed by atoms with Crippen LogP contribution in [0.15, 0.2) is 0 Å². The van der Waals surface area contributed by atoms with E-state index in [-0.39, 0.29) is 0 Å². The van der Waals surface area contributed by atoms with Gasteiger partial charge in [0.05, 0.1) is 0 Å². The highest BCUT2D eigenvalue weighted by Gasteiger charge is 1.97. The van der Waals surface area contributed by atoms with E-state index in [1.807, 2.05) is 0 Å². The van der Waals surface area contributed by atoms with Gasteiger partial charge in [-0.15, -0.1) is 0 Å². The van der Waals surface area contributed by atoms with Crippen LogP contribution in [0.4, 0.5) is 0 Å². The average molecular weight is 188 g/mol. The molecule has 0 saturated heterocycles. The van der Waals surface area contributed by atoms with Crippen molar-refractivity contribution in [2.75, 3.05) is 0 Å². The molecule has 2 unspecified atom stereocenters. The molecule has 0 aliphatic heterocycles. The first-order chi connectivity index (χ1) is 4.18. The van der Waals surface area contributed by atoms with Crippen molar-refractivity contribution in [2.24, 2.45) is 0 Å². The number of nitrogens with one attached hydrogen (secondary N) is 3. The van der Waals surface area contributed by atoms with Crippen molar-refractivity contribution in [1.82, 2.24) is 13.5 Å². The lowest BCUT2D eigenvalue weighted by molar-refractivity contribution is 0.590. The first kappa shape index (κ1) is 7.13. The van der Waals surface area contributed by atoms with E-state index >= 15 is 0 Å². The zero-order valence-corrected chi connectivity index (χ0v) is 6.83. The summed E-state index contributed by atoms with van der Waals surface area (Å²) in [5, 5.41) is 0. The molecule has 0 fully saturated rings. The standard InChI is InChI=1S/H5N3O3P3/c4-7-1-8(5)3-9(6)2-7/h(H5,1,2,3,4,5,6)/q+1. The van der Waals surface area contributed by atoms with Crippen LogP contribution in [-0.4, -0.2) is 23.3 Å². The van der Waals surface area contributed by atoms with Crippen LogP contribution in [0.1, 0.15) is 0 Å². The van der Waals surface area contributed by atoms with Crippen LogP contribution >= 0.6 is 23.9 Å². The van der Waals surface area contributed by atoms with E-state index in [2.05, 4.69) is 13.5 Å². The van der Waals surface area contributed by atoms with Crippen LogP contribution in [0.3, 0.4) is 0 Å². The van der Waals surface area contributed by atoms with E-state index in [1.165, 1.54) is 0 Å². The quantitative estimate of drug-likeness (QED) is 0.419. The van der Waals surface area contributed by atoms with Crippen LogP contribution in [0.5, 0.6) is 0 Å². The van der Waals surface area contributed by atoms with E-state index in [0.717, 1.165) is 0 Å². The molecular formula is H5N3O3P3+. The summed E-state index contributed by atoms with van der Waals surface area (Å²) in [5.41, 5.74) is 0. The van der Waals surface area contributed by atoms with E-state index in [4.69, 9.17) is 9.79 Å². The van der Waals surface area contributed by atoms with Crippen molar-refractivity contribution in [3.8, 4) is 0 Å². The lowest BCUT2D eigenvalue weighted by atomic mass is 13.8. The average Bonchev–Trinajstić information content (AvgIpc) is 1.59. The minimum absolute atomic E-state index is 1.64. The predicted octanol–water partition coefficient (Wildman–Crippen LogP) is 1.02. The van der Waals surface area contributed by atoms with Gasteiger partial charge in [0.2, 0.25) is 0 Å². The molecule has 0 aliphatic rings. The number of hydrogen-bond donors (Lipinski definition) is 5. The van der Waals surface area contributed by atoms with Gasteiger partial charge in [-0.3, -0.25) is 9.79 Å². The second-order valence-electron chi connectivity index (χ2n) is 1.22. The summed E-state index contributed by atoms with van der Waals surface area (Å²) in [7, 11) is -5.10. The minimum Gasteiger partial charge on any atom is -0.261 e. The number of rotatable bonds is 0. The van der Waals surface area contributed by atoms with Crippen molar-refractivity contribution in [3.63, 3.8) is 0 Å². The molecule has 0 aromatic carbocycles. The molecule has 1 aromatic rings. The predicted molar refractivity (Wildman–Crippen MR) is 35.4 cm³/mol. The third-order valence-corrected chi connectivity index (χ3v) is 5.04. The number of aromatic nitrogens is 3. The van der Waals surface area contributed by atoms with Crippen molar-refractivity contribution in [1.29, 1.82) is 0 Å². The highest BCUT2D eigenvalue weighted by Crippen LogP contribution is 2.25. The second kappa shape index (κ2) is 2.74. The third-order valence-electron chi connectivity index (χ3n) is 0.561. The fourth-order valence-corrected chi connectivity index (χ4v) is 4.17. The minimum atomic E-state index is -1.83. The molecule has 9 heteroatoms. The molecule has 6 nitrogen and oxygen atoms in total. The van der Waals surface area contributed by atoms with Gasteiger partial charge in [0.25, 0.3) is 16.2 Å². The summed E-state index contributed by atoms with van der Waals surface area (Å²) >= 11 is 0. The van der Waals surface area contributed by atoms with Gasteiger partial charge < -0.3 is 0 Å². The van der Waals surface area contributed by atoms with Crippen LogP contribution in [0.2, 0.25) is 0 Å². The largest absolute Gasteiger partial charge is 0.411 e. The van der Waals surface area contributed by atoms with Crippen LogP contribution in [-0.2, 0) is 4.57 Å². The van der Waals surface area contributed by atoms with Gasteiger partial charge in [0.15, 0.2) is 0 Å². The Morgan fingerprint density at radius 1 is 1.22 bits per heavy atom. The molecular weight excluding hydrogens is 183 g/mol. The van der Waals surface area contributed by atoms with Crippen molar-refractivity contribution in [2.45, 2.75) is 0 Å². The highest BCUT2D eigenvalue weighted by atomic mass is 31.2. The summed E-state index contributed by atoms with van der Waals surface area (Å²) in [6, 6.07) is 0. The smallest absolute Gasteiger partial charge is 0.261 e. The maximum absolute atomic E-state index is 10.5. The molecule has 52 valence electrons. The number of H-pyrrole nitrogens is 3. The van der Waals surface area contributed by atoms with E-state index in [1.54, 1.807) is 0 Å². The second-order valence-corrected chi connectivity index (χ2v) is 5.45. The Bertz CT molecular complexity index is 244. The van der Waals surface area contributed by atoms with E-state index in [9.17, 15) is 4.57 Å². The van der Waals surface area contributed by atoms with E-state index < -0.39 is 23.9 Å². The molecule has 0 saturated carbocycles. The molecule has 1 rings (SSSR count). The number of hydrogen-bond acceptors (Lipinski definition) is 3. The summed E-state index contributed by atoms with van der Waals surface area (Å²) < 4.78 is 17.4. The molecule has 0 spiro atoms. The van der Waals surface area contributed by atoms with Gasteiger partial charge in [-0.05, 0) is 0 Å². The highest BCUT2D eigenvalue weighted by molar-refractivity contribution is 7.55. The molecule has 9 heavy (non-hydrogen) atoms. The van der Waals surface area contributed by atoms with Gasteiger partial charge in [0, 0.05) is 0 Å². The van der Waals surface area contributed by atoms with Gasteiger partial charge in [0.1, 0.15) is 0 Å². The molecule has 5 N–H and O–H groups in total. The maximum Gasteiger partial charge on any atom is 0.411 e. The Hall–Kier alpha value is 0.0200. The molecule has 0 radical (unpaired) electrons. The Labute approximate surface area is 52.7 Å². The monoisotopic (exact) mass is 188 g/mol. The van der Waals surface area contributed by atoms with Gasteiger partial charge >= 0.3 is 7.73 Å². The van der Waals surface area contributed by atoms with Crippen molar-refractivity contribution >= 4 is 23.9 Å². The van der Waals surface area contributed by atoms with Crippen LogP contribution in [0.25, 0.3) is 0 Å².